The molecule has 0 saturated carbocycles. The Morgan fingerprint density at radius 3 is 2.81 bits per heavy atom. The second kappa shape index (κ2) is 7.74. The smallest absolute Gasteiger partial charge is 0.354 e. The molecule has 2 aromatic heterocycles. The number of benzene rings is 1. The fourth-order valence-electron chi connectivity index (χ4n) is 2.47. The van der Waals surface area contributed by atoms with Crippen LogP contribution >= 0.6 is 11.3 Å². The Bertz CT molecular complexity index is 872. The largest absolute Gasteiger partial charge is 0.416 e. The molecule has 8 heteroatoms. The summed E-state index contributed by atoms with van der Waals surface area (Å²) in [4.78, 5) is 11.9. The molecule has 4 nitrogen and oxygen atoms in total. The van der Waals surface area contributed by atoms with Gasteiger partial charge in [0.15, 0.2) is 0 Å². The van der Waals surface area contributed by atoms with Crippen LogP contribution in [0.2, 0.25) is 0 Å². The number of rotatable bonds is 6. The number of halogens is 3. The first-order valence-corrected chi connectivity index (χ1v) is 8.85. The SMILES string of the molecule is O=C(Cc1cccc(C(F)(F)F)c1)NCCn1ccc(-c2ccsc2)n1. The van der Waals surface area contributed by atoms with Gasteiger partial charge < -0.3 is 5.32 Å². The molecule has 0 spiro atoms. The number of alkyl halides is 3. The first-order valence-electron chi connectivity index (χ1n) is 7.91. The standard InChI is InChI=1S/C18H16F3N3OS/c19-18(20,21)15-3-1-2-13(10-15)11-17(25)22-6-8-24-7-4-16(23-24)14-5-9-26-12-14/h1-5,7,9-10,12H,6,8,11H2,(H,22,25). The van der Waals surface area contributed by atoms with E-state index in [1.807, 2.05) is 29.1 Å². The van der Waals surface area contributed by atoms with Gasteiger partial charge in [0.25, 0.3) is 0 Å². The third-order valence-electron chi connectivity index (χ3n) is 3.74. The van der Waals surface area contributed by atoms with Crippen molar-refractivity contribution in [2.45, 2.75) is 19.1 Å². The quantitative estimate of drug-likeness (QED) is 0.704. The Hall–Kier alpha value is -2.61. The summed E-state index contributed by atoms with van der Waals surface area (Å²) in [7, 11) is 0. The molecule has 1 N–H and O–H groups in total. The highest BCUT2D eigenvalue weighted by Crippen LogP contribution is 2.29. The van der Waals surface area contributed by atoms with E-state index in [9.17, 15) is 18.0 Å². The van der Waals surface area contributed by atoms with Crippen LogP contribution in [0, 0.1) is 0 Å². The predicted molar refractivity (Wildman–Crippen MR) is 93.7 cm³/mol. The molecule has 0 unspecified atom stereocenters. The molecule has 0 atom stereocenters. The summed E-state index contributed by atoms with van der Waals surface area (Å²) >= 11 is 1.59. The van der Waals surface area contributed by atoms with Gasteiger partial charge in [-0.25, -0.2) is 0 Å². The zero-order chi connectivity index (χ0) is 18.6. The van der Waals surface area contributed by atoms with Crippen molar-refractivity contribution < 1.29 is 18.0 Å². The fourth-order valence-corrected chi connectivity index (χ4v) is 3.12. The summed E-state index contributed by atoms with van der Waals surface area (Å²) in [5, 5.41) is 11.1. The van der Waals surface area contributed by atoms with Crippen LogP contribution < -0.4 is 5.32 Å². The van der Waals surface area contributed by atoms with Crippen molar-refractivity contribution in [2.75, 3.05) is 6.54 Å². The lowest BCUT2D eigenvalue weighted by Gasteiger charge is -2.09. The van der Waals surface area contributed by atoms with Crippen molar-refractivity contribution in [3.63, 3.8) is 0 Å². The van der Waals surface area contributed by atoms with Gasteiger partial charge in [-0.1, -0.05) is 18.2 Å². The Morgan fingerprint density at radius 2 is 2.08 bits per heavy atom. The minimum Gasteiger partial charge on any atom is -0.354 e. The first kappa shape index (κ1) is 18.2. The maximum atomic E-state index is 12.7. The molecule has 0 saturated heterocycles. The van der Waals surface area contributed by atoms with E-state index < -0.39 is 11.7 Å². The van der Waals surface area contributed by atoms with E-state index >= 15 is 0 Å². The van der Waals surface area contributed by atoms with E-state index in [0.29, 0.717) is 18.7 Å². The summed E-state index contributed by atoms with van der Waals surface area (Å²) < 4.78 is 39.8. The van der Waals surface area contributed by atoms with Crippen LogP contribution in [0.15, 0.2) is 53.4 Å². The van der Waals surface area contributed by atoms with E-state index in [1.54, 1.807) is 16.0 Å². The number of hydrogen-bond donors (Lipinski definition) is 1. The summed E-state index contributed by atoms with van der Waals surface area (Å²) in [5.74, 6) is -0.325. The molecule has 0 aliphatic heterocycles. The predicted octanol–water partition coefficient (Wildman–Crippen LogP) is 3.99. The van der Waals surface area contributed by atoms with Crippen LogP contribution in [-0.4, -0.2) is 22.2 Å². The number of amides is 1. The molecule has 1 amide bonds. The van der Waals surface area contributed by atoms with E-state index in [0.717, 1.165) is 23.4 Å². The maximum Gasteiger partial charge on any atom is 0.416 e. The van der Waals surface area contributed by atoms with E-state index in [1.165, 1.54) is 12.1 Å². The molecule has 0 fully saturated rings. The van der Waals surface area contributed by atoms with Gasteiger partial charge in [0.1, 0.15) is 0 Å². The van der Waals surface area contributed by atoms with Crippen LogP contribution in [0.5, 0.6) is 0 Å². The molecule has 3 aromatic rings. The second-order valence-corrected chi connectivity index (χ2v) is 6.48. The van der Waals surface area contributed by atoms with Gasteiger partial charge in [-0.3, -0.25) is 9.48 Å². The number of hydrogen-bond acceptors (Lipinski definition) is 3. The molecular formula is C18H16F3N3OS. The molecular weight excluding hydrogens is 363 g/mol. The van der Waals surface area contributed by atoms with Gasteiger partial charge in [-0.05, 0) is 29.1 Å². The number of carbonyl (C=O) groups is 1. The van der Waals surface area contributed by atoms with Gasteiger partial charge in [0.2, 0.25) is 5.91 Å². The number of nitrogens with zero attached hydrogens (tertiary/aromatic N) is 2. The molecule has 0 bridgehead atoms. The molecule has 0 aliphatic rings. The third-order valence-corrected chi connectivity index (χ3v) is 4.42. The maximum absolute atomic E-state index is 12.7. The lowest BCUT2D eigenvalue weighted by atomic mass is 10.1. The van der Waals surface area contributed by atoms with Gasteiger partial charge >= 0.3 is 6.18 Å². The Kier molecular flexibility index (Phi) is 5.41. The van der Waals surface area contributed by atoms with Gasteiger partial charge in [0, 0.05) is 23.7 Å². The zero-order valence-corrected chi connectivity index (χ0v) is 14.5. The fraction of sp³-hybridized carbons (Fsp3) is 0.222. The molecule has 136 valence electrons. The highest BCUT2D eigenvalue weighted by atomic mass is 32.1. The molecule has 0 radical (unpaired) electrons. The highest BCUT2D eigenvalue weighted by molar-refractivity contribution is 7.08. The summed E-state index contributed by atoms with van der Waals surface area (Å²) in [6.07, 6.45) is -2.68. The minimum atomic E-state index is -4.41. The highest BCUT2D eigenvalue weighted by Gasteiger charge is 2.30. The van der Waals surface area contributed by atoms with E-state index in [-0.39, 0.29) is 12.3 Å². The van der Waals surface area contributed by atoms with E-state index in [4.69, 9.17) is 0 Å². The van der Waals surface area contributed by atoms with Crippen LogP contribution in [0.25, 0.3) is 11.3 Å². The lowest BCUT2D eigenvalue weighted by molar-refractivity contribution is -0.137. The minimum absolute atomic E-state index is 0.0941. The molecule has 3 rings (SSSR count). The average molecular weight is 379 g/mol. The van der Waals surface area contributed by atoms with Crippen LogP contribution in [-0.2, 0) is 23.9 Å². The van der Waals surface area contributed by atoms with Crippen molar-refractivity contribution in [1.82, 2.24) is 15.1 Å². The van der Waals surface area contributed by atoms with Crippen LogP contribution in [0.4, 0.5) is 13.2 Å². The number of aromatic nitrogens is 2. The number of nitrogens with one attached hydrogen (secondary N) is 1. The zero-order valence-electron chi connectivity index (χ0n) is 13.7. The second-order valence-electron chi connectivity index (χ2n) is 5.70. The number of carbonyl (C=O) groups excluding carboxylic acids is 1. The molecule has 1 aromatic carbocycles. The Morgan fingerprint density at radius 1 is 1.23 bits per heavy atom. The summed E-state index contributed by atoms with van der Waals surface area (Å²) in [6, 6.07) is 8.68. The summed E-state index contributed by atoms with van der Waals surface area (Å²) in [6.45, 7) is 0.834. The average Bonchev–Trinajstić information content (AvgIpc) is 3.25. The molecule has 0 aliphatic carbocycles. The summed E-state index contributed by atoms with van der Waals surface area (Å²) in [5.41, 5.74) is 1.49. The van der Waals surface area contributed by atoms with Gasteiger partial charge in [0.05, 0.1) is 24.2 Å². The van der Waals surface area contributed by atoms with Crippen molar-refractivity contribution in [2.24, 2.45) is 0 Å². The van der Waals surface area contributed by atoms with Crippen LogP contribution in [0.3, 0.4) is 0 Å². The number of thiophene rings is 1. The molecule has 2 heterocycles. The Labute approximate surface area is 152 Å². The first-order chi connectivity index (χ1) is 12.4. The van der Waals surface area contributed by atoms with Crippen molar-refractivity contribution in [1.29, 1.82) is 0 Å². The third kappa shape index (κ3) is 4.72. The molecule has 26 heavy (non-hydrogen) atoms. The van der Waals surface area contributed by atoms with Gasteiger partial charge in [-0.15, -0.1) is 0 Å². The monoisotopic (exact) mass is 379 g/mol. The van der Waals surface area contributed by atoms with Crippen LogP contribution in [0.1, 0.15) is 11.1 Å². The topological polar surface area (TPSA) is 46.9 Å². The van der Waals surface area contributed by atoms with Crippen molar-refractivity contribution in [3.8, 4) is 11.3 Å². The Balaban J connectivity index is 1.49. The van der Waals surface area contributed by atoms with E-state index in [2.05, 4.69) is 10.4 Å². The lowest BCUT2D eigenvalue weighted by Crippen LogP contribution is -2.28. The van der Waals surface area contributed by atoms with Crippen molar-refractivity contribution >= 4 is 17.2 Å². The van der Waals surface area contributed by atoms with Gasteiger partial charge in [-0.2, -0.15) is 29.6 Å². The normalized spacial score (nSPS) is 11.5. The van der Waals surface area contributed by atoms with Crippen molar-refractivity contribution in [3.05, 3.63) is 64.5 Å².